The van der Waals surface area contributed by atoms with Crippen molar-refractivity contribution in [2.24, 2.45) is 0 Å². The fraction of sp³-hybridized carbons (Fsp3) is 0.391. The molecular weight excluding hydrogens is 416 g/mol. The van der Waals surface area contributed by atoms with E-state index in [-0.39, 0.29) is 5.91 Å². The van der Waals surface area contributed by atoms with Crippen molar-refractivity contribution in [3.63, 3.8) is 0 Å². The van der Waals surface area contributed by atoms with E-state index in [0.717, 1.165) is 46.9 Å². The van der Waals surface area contributed by atoms with E-state index >= 15 is 0 Å². The molecule has 0 unspecified atom stereocenters. The van der Waals surface area contributed by atoms with Crippen LogP contribution in [0.2, 0.25) is 5.02 Å². The largest absolute Gasteiger partial charge is 0.397 e. The first-order valence-corrected chi connectivity index (χ1v) is 11.7. The summed E-state index contributed by atoms with van der Waals surface area (Å²) in [7, 11) is 0. The van der Waals surface area contributed by atoms with Gasteiger partial charge in [-0.2, -0.15) is 0 Å². The Bertz CT molecular complexity index is 1130. The third-order valence-corrected chi connectivity index (χ3v) is 7.61. The predicted octanol–water partition coefficient (Wildman–Crippen LogP) is 4.68. The summed E-state index contributed by atoms with van der Waals surface area (Å²) in [5.41, 5.74) is 11.8. The van der Waals surface area contributed by atoms with Crippen LogP contribution in [0.3, 0.4) is 0 Å². The summed E-state index contributed by atoms with van der Waals surface area (Å²) in [5.74, 6) is 0.0240. The lowest BCUT2D eigenvalue weighted by Gasteiger charge is -2.36. The van der Waals surface area contributed by atoms with Crippen molar-refractivity contribution in [2.75, 3.05) is 36.8 Å². The lowest BCUT2D eigenvalue weighted by molar-refractivity contribution is 0.0752. The van der Waals surface area contributed by atoms with Crippen LogP contribution in [-0.4, -0.2) is 42.0 Å². The van der Waals surface area contributed by atoms with Gasteiger partial charge < -0.3 is 15.5 Å². The van der Waals surface area contributed by atoms with Gasteiger partial charge in [-0.3, -0.25) is 4.79 Å². The second-order valence-electron chi connectivity index (χ2n) is 8.21. The zero-order chi connectivity index (χ0) is 20.8. The number of aromatic nitrogens is 1. The number of thiophene rings is 1. The van der Waals surface area contributed by atoms with Gasteiger partial charge in [-0.1, -0.05) is 17.7 Å². The van der Waals surface area contributed by atoms with Crippen LogP contribution in [0, 0.1) is 6.92 Å². The molecule has 1 aliphatic carbocycles. The highest BCUT2D eigenvalue weighted by Gasteiger charge is 2.27. The van der Waals surface area contributed by atoms with Gasteiger partial charge in [0, 0.05) is 48.0 Å². The van der Waals surface area contributed by atoms with Gasteiger partial charge in [0.25, 0.3) is 5.91 Å². The van der Waals surface area contributed by atoms with Crippen LogP contribution in [0.5, 0.6) is 0 Å². The number of hydrogen-bond acceptors (Lipinski definition) is 5. The fourth-order valence-corrected chi connectivity index (χ4v) is 5.77. The van der Waals surface area contributed by atoms with Crippen molar-refractivity contribution in [3.05, 3.63) is 51.0 Å². The van der Waals surface area contributed by atoms with Crippen molar-refractivity contribution in [3.8, 4) is 0 Å². The number of nitrogens with two attached hydrogens (primary N) is 1. The van der Waals surface area contributed by atoms with Gasteiger partial charge in [0.15, 0.2) is 0 Å². The Labute approximate surface area is 185 Å². The van der Waals surface area contributed by atoms with E-state index in [1.165, 1.54) is 41.0 Å². The first kappa shape index (κ1) is 19.6. The molecule has 2 aliphatic rings. The Morgan fingerprint density at radius 2 is 1.90 bits per heavy atom. The van der Waals surface area contributed by atoms with E-state index in [1.54, 1.807) is 0 Å². The van der Waals surface area contributed by atoms with Gasteiger partial charge in [-0.15, -0.1) is 11.3 Å². The van der Waals surface area contributed by atoms with Crippen molar-refractivity contribution < 1.29 is 4.79 Å². The number of rotatable bonds is 2. The lowest BCUT2D eigenvalue weighted by atomic mass is 9.95. The lowest BCUT2D eigenvalue weighted by Crippen LogP contribution is -2.49. The maximum absolute atomic E-state index is 13.3. The molecule has 7 heteroatoms. The Balaban J connectivity index is 1.36. The van der Waals surface area contributed by atoms with Crippen LogP contribution in [-0.2, 0) is 12.8 Å². The van der Waals surface area contributed by atoms with Crippen LogP contribution in [0.15, 0.2) is 24.3 Å². The molecule has 1 aliphatic heterocycles. The van der Waals surface area contributed by atoms with Gasteiger partial charge in [0.05, 0.1) is 5.69 Å². The second kappa shape index (κ2) is 7.75. The van der Waals surface area contributed by atoms with Gasteiger partial charge in [0.2, 0.25) is 0 Å². The first-order valence-electron chi connectivity index (χ1n) is 10.5. The van der Waals surface area contributed by atoms with Gasteiger partial charge in [0.1, 0.15) is 9.71 Å². The van der Waals surface area contributed by atoms with E-state index in [1.807, 2.05) is 23.1 Å². The van der Waals surface area contributed by atoms with Crippen LogP contribution >= 0.6 is 22.9 Å². The summed E-state index contributed by atoms with van der Waals surface area (Å²) < 4.78 is 0. The van der Waals surface area contributed by atoms with Crippen LogP contribution in [0.25, 0.3) is 10.2 Å². The molecule has 0 saturated carbocycles. The number of hydrogen-bond donors (Lipinski definition) is 1. The highest BCUT2D eigenvalue weighted by molar-refractivity contribution is 7.21. The molecule has 0 bridgehead atoms. The highest BCUT2D eigenvalue weighted by Crippen LogP contribution is 2.36. The van der Waals surface area contributed by atoms with Gasteiger partial charge in [-0.25, -0.2) is 4.98 Å². The number of benzene rings is 1. The van der Waals surface area contributed by atoms with Crippen LogP contribution < -0.4 is 10.6 Å². The molecule has 2 aromatic heterocycles. The molecule has 3 heterocycles. The van der Waals surface area contributed by atoms with Gasteiger partial charge >= 0.3 is 0 Å². The third-order valence-electron chi connectivity index (χ3n) is 6.27. The number of carbonyl (C=O) groups excluding carboxylic acids is 1. The first-order chi connectivity index (χ1) is 14.5. The quantitative estimate of drug-likeness (QED) is 0.628. The number of nitrogens with zero attached hydrogens (tertiary/aromatic N) is 3. The summed E-state index contributed by atoms with van der Waals surface area (Å²) in [4.78, 5) is 23.8. The second-order valence-corrected chi connectivity index (χ2v) is 9.64. The molecule has 0 spiro atoms. The van der Waals surface area contributed by atoms with Crippen LogP contribution in [0.4, 0.5) is 11.4 Å². The average Bonchev–Trinajstić information content (AvgIpc) is 3.09. The van der Waals surface area contributed by atoms with Crippen molar-refractivity contribution in [2.45, 2.75) is 32.6 Å². The summed E-state index contributed by atoms with van der Waals surface area (Å²) in [6.45, 7) is 4.99. The monoisotopic (exact) mass is 440 g/mol. The minimum Gasteiger partial charge on any atom is -0.397 e. The Kier molecular flexibility index (Phi) is 5.07. The number of piperazine rings is 1. The molecule has 1 fully saturated rings. The Hall–Kier alpha value is -2.31. The molecule has 30 heavy (non-hydrogen) atoms. The smallest absolute Gasteiger partial charge is 0.266 e. The maximum atomic E-state index is 13.3. The summed E-state index contributed by atoms with van der Waals surface area (Å²) >= 11 is 7.63. The molecule has 1 saturated heterocycles. The SMILES string of the molecule is Cc1ccc(Cl)cc1N1CCN(C(=O)c2sc3nc4c(cc3c2N)CCCC4)CC1. The molecule has 5 rings (SSSR count). The number of fused-ring (bicyclic) bond motifs is 2. The standard InChI is InChI=1S/C23H25ClN4OS/c1-14-6-7-16(24)13-19(14)27-8-10-28(11-9-27)23(29)21-20(25)17-12-15-4-2-3-5-18(15)26-22(17)30-21/h6-7,12-13H,2-5,8-11,25H2,1H3. The molecule has 1 aromatic carbocycles. The average molecular weight is 441 g/mol. The number of pyridine rings is 1. The van der Waals surface area contributed by atoms with Crippen molar-refractivity contribution in [1.29, 1.82) is 0 Å². The Morgan fingerprint density at radius 3 is 2.70 bits per heavy atom. The number of nitrogen functional groups attached to an aromatic ring is 1. The molecule has 2 N–H and O–H groups in total. The molecule has 0 radical (unpaired) electrons. The minimum atomic E-state index is 0.0240. The maximum Gasteiger partial charge on any atom is 0.266 e. The Morgan fingerprint density at radius 1 is 1.13 bits per heavy atom. The third kappa shape index (κ3) is 3.42. The van der Waals surface area contributed by atoms with Crippen molar-refractivity contribution >= 4 is 50.4 Å². The number of aryl methyl sites for hydroxylation is 3. The van der Waals surface area contributed by atoms with E-state index in [9.17, 15) is 4.79 Å². The van der Waals surface area contributed by atoms with E-state index < -0.39 is 0 Å². The number of amides is 1. The fourth-order valence-electron chi connectivity index (χ4n) is 4.54. The normalized spacial score (nSPS) is 16.7. The van der Waals surface area contributed by atoms with E-state index in [2.05, 4.69) is 17.9 Å². The zero-order valence-electron chi connectivity index (χ0n) is 17.1. The predicted molar refractivity (Wildman–Crippen MR) is 125 cm³/mol. The molecular formula is C23H25ClN4OS. The van der Waals surface area contributed by atoms with E-state index in [4.69, 9.17) is 22.3 Å². The molecule has 3 aromatic rings. The van der Waals surface area contributed by atoms with Gasteiger partial charge in [-0.05, 0) is 61.9 Å². The van der Waals surface area contributed by atoms with E-state index in [0.29, 0.717) is 23.7 Å². The molecule has 0 atom stereocenters. The topological polar surface area (TPSA) is 62.5 Å². The van der Waals surface area contributed by atoms with Crippen molar-refractivity contribution in [1.82, 2.24) is 9.88 Å². The number of carbonyl (C=O) groups is 1. The summed E-state index contributed by atoms with van der Waals surface area (Å²) in [6, 6.07) is 8.13. The number of anilines is 2. The molecule has 1 amide bonds. The summed E-state index contributed by atoms with van der Waals surface area (Å²) in [5, 5.41) is 1.68. The molecule has 5 nitrogen and oxygen atoms in total. The molecule has 156 valence electrons. The zero-order valence-corrected chi connectivity index (χ0v) is 18.7. The highest BCUT2D eigenvalue weighted by atomic mass is 35.5. The summed E-state index contributed by atoms with van der Waals surface area (Å²) in [6.07, 6.45) is 4.47. The minimum absolute atomic E-state index is 0.0240. The number of halogens is 1. The van der Waals surface area contributed by atoms with Crippen LogP contribution in [0.1, 0.15) is 39.3 Å².